The Balaban J connectivity index is 1.61. The van der Waals surface area contributed by atoms with Crippen molar-refractivity contribution in [2.24, 2.45) is 16.9 Å². The number of nitrogens with zero attached hydrogens (tertiary/aromatic N) is 6. The number of halogens is 1. The summed E-state index contributed by atoms with van der Waals surface area (Å²) in [5.41, 5.74) is 3.58. The van der Waals surface area contributed by atoms with Crippen molar-refractivity contribution in [2.75, 3.05) is 44.4 Å². The van der Waals surface area contributed by atoms with E-state index in [4.69, 9.17) is 10.1 Å². The van der Waals surface area contributed by atoms with Gasteiger partial charge in [0.2, 0.25) is 10.0 Å². The Morgan fingerprint density at radius 1 is 1.13 bits per heavy atom. The molecular formula is C28H39FN6O2S2. The van der Waals surface area contributed by atoms with Gasteiger partial charge in [0.1, 0.15) is 17.5 Å². The van der Waals surface area contributed by atoms with Crippen LogP contribution in [-0.2, 0) is 10.0 Å². The molecule has 2 aliphatic rings. The quantitative estimate of drug-likeness (QED) is 0.227. The van der Waals surface area contributed by atoms with Gasteiger partial charge in [0.15, 0.2) is 5.13 Å². The van der Waals surface area contributed by atoms with Gasteiger partial charge in [0.05, 0.1) is 11.9 Å². The summed E-state index contributed by atoms with van der Waals surface area (Å²) in [4.78, 5) is 9.20. The van der Waals surface area contributed by atoms with Crippen LogP contribution in [0.15, 0.2) is 58.4 Å². The molecule has 39 heavy (non-hydrogen) atoms. The smallest absolute Gasteiger partial charge is 0.211 e. The zero-order chi connectivity index (χ0) is 28.5. The van der Waals surface area contributed by atoms with Gasteiger partial charge in [0.25, 0.3) is 0 Å². The van der Waals surface area contributed by atoms with Gasteiger partial charge in [-0.2, -0.15) is 5.10 Å². The van der Waals surface area contributed by atoms with Gasteiger partial charge < -0.3 is 9.80 Å². The summed E-state index contributed by atoms with van der Waals surface area (Å²) in [6.07, 6.45) is 2.86. The molecule has 0 N–H and O–H groups in total. The Labute approximate surface area is 236 Å². The number of likely N-dealkylation sites (tertiary alicyclic amines) is 1. The molecule has 2 aromatic rings. The Morgan fingerprint density at radius 3 is 2.26 bits per heavy atom. The fraction of sp³-hybridized carbons (Fsp3) is 0.500. The van der Waals surface area contributed by atoms with E-state index in [9.17, 15) is 12.8 Å². The number of anilines is 1. The molecule has 2 fully saturated rings. The average Bonchev–Trinajstić information content (AvgIpc) is 3.61. The minimum atomic E-state index is -3.16. The summed E-state index contributed by atoms with van der Waals surface area (Å²) in [7, 11) is -1.18. The first-order valence-corrected chi connectivity index (χ1v) is 16.0. The summed E-state index contributed by atoms with van der Waals surface area (Å²) in [5, 5.41) is 9.83. The molecule has 0 saturated carbocycles. The highest BCUT2D eigenvalue weighted by molar-refractivity contribution is 7.88. The normalized spacial score (nSPS) is 20.7. The van der Waals surface area contributed by atoms with Crippen LogP contribution in [0, 0.1) is 17.7 Å². The van der Waals surface area contributed by atoms with E-state index in [-0.39, 0.29) is 5.82 Å². The van der Waals surface area contributed by atoms with Crippen LogP contribution in [0.5, 0.6) is 0 Å². The summed E-state index contributed by atoms with van der Waals surface area (Å²) in [5.74, 6) is 2.21. The van der Waals surface area contributed by atoms with Crippen molar-refractivity contribution >= 4 is 32.3 Å². The summed E-state index contributed by atoms with van der Waals surface area (Å²) < 4.78 is 39.1. The van der Waals surface area contributed by atoms with Gasteiger partial charge in [0, 0.05) is 56.3 Å². The monoisotopic (exact) mass is 574 g/mol. The molecule has 0 radical (unpaired) electrons. The molecule has 2 saturated heterocycles. The van der Waals surface area contributed by atoms with E-state index in [0.29, 0.717) is 24.9 Å². The average molecular weight is 575 g/mol. The number of rotatable bonds is 9. The second-order valence-electron chi connectivity index (χ2n) is 10.5. The van der Waals surface area contributed by atoms with E-state index in [2.05, 4.69) is 32.3 Å². The first-order valence-electron chi connectivity index (χ1n) is 13.3. The van der Waals surface area contributed by atoms with Gasteiger partial charge in [-0.15, -0.1) is 11.3 Å². The summed E-state index contributed by atoms with van der Waals surface area (Å²) >= 11 is 1.52. The zero-order valence-corrected chi connectivity index (χ0v) is 25.3. The lowest BCUT2D eigenvalue weighted by molar-refractivity contribution is 0.378. The van der Waals surface area contributed by atoms with E-state index in [1.165, 1.54) is 29.7 Å². The first-order chi connectivity index (χ1) is 18.4. The molecule has 3 heterocycles. The number of hydrogen-bond donors (Lipinski definition) is 0. The van der Waals surface area contributed by atoms with Gasteiger partial charge in [-0.25, -0.2) is 27.1 Å². The van der Waals surface area contributed by atoms with E-state index in [1.54, 1.807) is 16.4 Å². The van der Waals surface area contributed by atoms with Crippen molar-refractivity contribution in [3.8, 4) is 11.3 Å². The first kappa shape index (κ1) is 29.2. The maximum atomic E-state index is 13.4. The van der Waals surface area contributed by atoms with Crippen molar-refractivity contribution < 1.29 is 12.8 Å². The van der Waals surface area contributed by atoms with Crippen LogP contribution in [-0.4, -0.2) is 72.9 Å². The van der Waals surface area contributed by atoms with E-state index >= 15 is 0 Å². The SMILES string of the molecule is C=C(C)N(/N=C(\CC)N1CC2CN(S(C)(=O)=O)CC2C1)/C(=C(\C)CC)N(C)c1nc(-c2ccc(F)cc2)cs1. The third-order valence-electron chi connectivity index (χ3n) is 7.53. The predicted octanol–water partition coefficient (Wildman–Crippen LogP) is 5.41. The van der Waals surface area contributed by atoms with Crippen LogP contribution in [0.1, 0.15) is 40.5 Å². The standard InChI is InChI=1S/C28H39FN6O2S2/c1-8-20(5)27(32(6)28-30-25(18-38-28)21-10-12-24(29)13-11-21)35(19(3)4)31-26(9-2)33-14-22-16-34(39(7,36)37)17-23(22)15-33/h10-13,18,22-23H,3,8-9,14-17H2,1-2,4-7H3/b27-20+,31-26+. The molecule has 0 spiro atoms. The van der Waals surface area contributed by atoms with Crippen LogP contribution >= 0.6 is 11.3 Å². The number of hydrogen-bond acceptors (Lipinski definition) is 7. The van der Waals surface area contributed by atoms with Gasteiger partial charge >= 0.3 is 0 Å². The predicted molar refractivity (Wildman–Crippen MR) is 158 cm³/mol. The highest BCUT2D eigenvalue weighted by Gasteiger charge is 2.43. The van der Waals surface area contributed by atoms with Crippen LogP contribution in [0.2, 0.25) is 0 Å². The lowest BCUT2D eigenvalue weighted by atomic mass is 10.0. The number of benzene rings is 1. The number of fused-ring (bicyclic) bond motifs is 1. The number of allylic oxidation sites excluding steroid dienone is 2. The molecule has 2 unspecified atom stereocenters. The van der Waals surface area contributed by atoms with Gasteiger partial charge in [-0.05, 0) is 61.9 Å². The summed E-state index contributed by atoms with van der Waals surface area (Å²) in [6.45, 7) is 15.2. The maximum Gasteiger partial charge on any atom is 0.211 e. The molecule has 2 aliphatic heterocycles. The van der Waals surface area contributed by atoms with Crippen molar-refractivity contribution in [3.63, 3.8) is 0 Å². The minimum Gasteiger partial charge on any atom is -0.358 e. The molecule has 0 amide bonds. The van der Waals surface area contributed by atoms with E-state index in [1.807, 2.05) is 29.3 Å². The van der Waals surface area contributed by atoms with Crippen LogP contribution in [0.3, 0.4) is 0 Å². The molecule has 8 nitrogen and oxygen atoms in total. The lowest BCUT2D eigenvalue weighted by Crippen LogP contribution is -2.37. The fourth-order valence-corrected chi connectivity index (χ4v) is 6.97. The van der Waals surface area contributed by atoms with Crippen LogP contribution < -0.4 is 4.90 Å². The number of hydrazone groups is 1. The minimum absolute atomic E-state index is 0.272. The topological polar surface area (TPSA) is 72.3 Å². The van der Waals surface area contributed by atoms with Crippen molar-refractivity contribution in [2.45, 2.75) is 40.5 Å². The second kappa shape index (κ2) is 11.8. The molecule has 2 atom stereocenters. The van der Waals surface area contributed by atoms with Crippen molar-refractivity contribution in [3.05, 3.63) is 59.1 Å². The molecular weight excluding hydrogens is 535 g/mol. The van der Waals surface area contributed by atoms with E-state index < -0.39 is 10.0 Å². The molecule has 212 valence electrons. The largest absolute Gasteiger partial charge is 0.358 e. The molecule has 11 heteroatoms. The van der Waals surface area contributed by atoms with Crippen molar-refractivity contribution in [1.82, 2.24) is 19.2 Å². The van der Waals surface area contributed by atoms with Crippen LogP contribution in [0.4, 0.5) is 9.52 Å². The second-order valence-corrected chi connectivity index (χ2v) is 13.3. The molecule has 1 aromatic heterocycles. The number of amidine groups is 1. The number of sulfonamides is 1. The Bertz CT molecular complexity index is 1350. The zero-order valence-electron chi connectivity index (χ0n) is 23.7. The molecule has 1 aromatic carbocycles. The third-order valence-corrected chi connectivity index (χ3v) is 9.68. The fourth-order valence-electron chi connectivity index (χ4n) is 5.25. The Kier molecular flexibility index (Phi) is 8.82. The van der Waals surface area contributed by atoms with Gasteiger partial charge in [-0.3, -0.25) is 0 Å². The lowest BCUT2D eigenvalue weighted by Gasteiger charge is -2.33. The Hall–Kier alpha value is -2.76. The molecule has 0 aliphatic carbocycles. The summed E-state index contributed by atoms with van der Waals surface area (Å²) in [6, 6.07) is 6.36. The number of aromatic nitrogens is 1. The number of thiazole rings is 1. The van der Waals surface area contributed by atoms with Crippen LogP contribution in [0.25, 0.3) is 11.3 Å². The van der Waals surface area contributed by atoms with E-state index in [0.717, 1.165) is 65.2 Å². The van der Waals surface area contributed by atoms with Crippen molar-refractivity contribution in [1.29, 1.82) is 0 Å². The third kappa shape index (κ3) is 6.36. The highest BCUT2D eigenvalue weighted by atomic mass is 32.2. The van der Waals surface area contributed by atoms with Gasteiger partial charge in [-0.1, -0.05) is 20.4 Å². The molecule has 4 rings (SSSR count). The Morgan fingerprint density at radius 2 is 1.74 bits per heavy atom. The highest BCUT2D eigenvalue weighted by Crippen LogP contribution is 2.35. The maximum absolute atomic E-state index is 13.4. The molecule has 0 bridgehead atoms.